The van der Waals surface area contributed by atoms with E-state index in [9.17, 15) is 5.11 Å². The quantitative estimate of drug-likeness (QED) is 0.806. The first kappa shape index (κ1) is 12.7. The molecule has 84 valence electrons. The van der Waals surface area contributed by atoms with Gasteiger partial charge in [-0.05, 0) is 40.4 Å². The summed E-state index contributed by atoms with van der Waals surface area (Å²) in [6.45, 7) is 2.17. The number of pyridine rings is 1. The SMILES string of the molecule is CCCCCC(O)Cc1cncc(Br)c1. The summed E-state index contributed by atoms with van der Waals surface area (Å²) < 4.78 is 0.973. The molecule has 0 amide bonds. The molecule has 1 unspecified atom stereocenters. The Morgan fingerprint density at radius 2 is 2.20 bits per heavy atom. The van der Waals surface area contributed by atoms with E-state index in [1.807, 2.05) is 12.3 Å². The smallest absolute Gasteiger partial charge is 0.0581 e. The molecule has 0 radical (unpaired) electrons. The molecule has 0 aliphatic heterocycles. The highest BCUT2D eigenvalue weighted by molar-refractivity contribution is 9.10. The molecule has 1 N–H and O–H groups in total. The standard InChI is InChI=1S/C12H18BrNO/c1-2-3-4-5-12(15)7-10-6-11(13)9-14-8-10/h6,8-9,12,15H,2-5,7H2,1H3. The highest BCUT2D eigenvalue weighted by Crippen LogP contribution is 2.13. The molecule has 1 aromatic rings. The van der Waals surface area contributed by atoms with E-state index in [0.29, 0.717) is 6.42 Å². The second-order valence-corrected chi connectivity index (χ2v) is 4.78. The minimum absolute atomic E-state index is 0.229. The molecule has 1 atom stereocenters. The van der Waals surface area contributed by atoms with E-state index in [1.165, 1.54) is 12.8 Å². The van der Waals surface area contributed by atoms with Crippen molar-refractivity contribution in [3.63, 3.8) is 0 Å². The molecule has 1 rings (SSSR count). The van der Waals surface area contributed by atoms with Gasteiger partial charge in [-0.3, -0.25) is 4.98 Å². The van der Waals surface area contributed by atoms with Gasteiger partial charge in [-0.25, -0.2) is 0 Å². The monoisotopic (exact) mass is 271 g/mol. The molecule has 0 saturated heterocycles. The third-order valence-electron chi connectivity index (χ3n) is 2.37. The molecule has 0 aliphatic carbocycles. The van der Waals surface area contributed by atoms with E-state index < -0.39 is 0 Å². The van der Waals surface area contributed by atoms with Gasteiger partial charge < -0.3 is 5.11 Å². The topological polar surface area (TPSA) is 33.1 Å². The zero-order valence-corrected chi connectivity index (χ0v) is 10.7. The van der Waals surface area contributed by atoms with Crippen LogP contribution in [0.5, 0.6) is 0 Å². The third kappa shape index (κ3) is 5.28. The first-order valence-electron chi connectivity index (χ1n) is 5.50. The summed E-state index contributed by atoms with van der Waals surface area (Å²) >= 11 is 3.37. The van der Waals surface area contributed by atoms with Gasteiger partial charge in [0.15, 0.2) is 0 Å². The van der Waals surface area contributed by atoms with Crippen molar-refractivity contribution in [2.75, 3.05) is 0 Å². The lowest BCUT2D eigenvalue weighted by molar-refractivity contribution is 0.161. The molecule has 1 aromatic heterocycles. The van der Waals surface area contributed by atoms with Gasteiger partial charge in [0.2, 0.25) is 0 Å². The van der Waals surface area contributed by atoms with Crippen LogP contribution in [0.2, 0.25) is 0 Å². The van der Waals surface area contributed by atoms with Crippen LogP contribution in [-0.4, -0.2) is 16.2 Å². The number of aliphatic hydroxyl groups is 1. The molecule has 0 saturated carbocycles. The molecule has 15 heavy (non-hydrogen) atoms. The molecular weight excluding hydrogens is 254 g/mol. The van der Waals surface area contributed by atoms with Crippen LogP contribution in [0.3, 0.4) is 0 Å². The summed E-state index contributed by atoms with van der Waals surface area (Å²) in [5, 5.41) is 9.78. The van der Waals surface area contributed by atoms with Crippen LogP contribution in [0.25, 0.3) is 0 Å². The molecule has 0 fully saturated rings. The van der Waals surface area contributed by atoms with E-state index in [4.69, 9.17) is 0 Å². The van der Waals surface area contributed by atoms with Gasteiger partial charge in [0.05, 0.1) is 6.10 Å². The Morgan fingerprint density at radius 3 is 2.87 bits per heavy atom. The Morgan fingerprint density at radius 1 is 1.40 bits per heavy atom. The Labute approximate surface area is 99.9 Å². The van der Waals surface area contributed by atoms with Crippen molar-refractivity contribution in [1.82, 2.24) is 4.98 Å². The van der Waals surface area contributed by atoms with Crippen LogP contribution in [0.1, 0.15) is 38.2 Å². The van der Waals surface area contributed by atoms with Crippen LogP contribution in [0, 0.1) is 0 Å². The van der Waals surface area contributed by atoms with Crippen molar-refractivity contribution in [3.05, 3.63) is 28.5 Å². The number of nitrogens with zero attached hydrogens (tertiary/aromatic N) is 1. The van der Waals surface area contributed by atoms with Crippen molar-refractivity contribution in [2.45, 2.75) is 45.1 Å². The van der Waals surface area contributed by atoms with Crippen LogP contribution < -0.4 is 0 Å². The second kappa shape index (κ2) is 6.96. The molecule has 0 spiro atoms. The van der Waals surface area contributed by atoms with Gasteiger partial charge in [0.1, 0.15) is 0 Å². The highest BCUT2D eigenvalue weighted by atomic mass is 79.9. The van der Waals surface area contributed by atoms with Gasteiger partial charge >= 0.3 is 0 Å². The van der Waals surface area contributed by atoms with Gasteiger partial charge in [-0.2, -0.15) is 0 Å². The van der Waals surface area contributed by atoms with Crippen molar-refractivity contribution in [1.29, 1.82) is 0 Å². The van der Waals surface area contributed by atoms with Crippen molar-refractivity contribution in [2.24, 2.45) is 0 Å². The van der Waals surface area contributed by atoms with E-state index in [1.54, 1.807) is 6.20 Å². The summed E-state index contributed by atoms with van der Waals surface area (Å²) in [5.74, 6) is 0. The van der Waals surface area contributed by atoms with Crippen LogP contribution in [0.4, 0.5) is 0 Å². The first-order valence-corrected chi connectivity index (χ1v) is 6.29. The van der Waals surface area contributed by atoms with Crippen molar-refractivity contribution < 1.29 is 5.11 Å². The molecule has 0 aromatic carbocycles. The van der Waals surface area contributed by atoms with E-state index in [2.05, 4.69) is 27.8 Å². The summed E-state index contributed by atoms with van der Waals surface area (Å²) in [6, 6.07) is 2.01. The van der Waals surface area contributed by atoms with Gasteiger partial charge in [0, 0.05) is 16.9 Å². The number of aromatic nitrogens is 1. The molecule has 1 heterocycles. The highest BCUT2D eigenvalue weighted by Gasteiger charge is 2.05. The van der Waals surface area contributed by atoms with E-state index in [0.717, 1.165) is 22.9 Å². The maximum Gasteiger partial charge on any atom is 0.0581 e. The van der Waals surface area contributed by atoms with Crippen LogP contribution >= 0.6 is 15.9 Å². The van der Waals surface area contributed by atoms with Crippen LogP contribution in [0.15, 0.2) is 22.9 Å². The fourth-order valence-corrected chi connectivity index (χ4v) is 1.98. The Kier molecular flexibility index (Phi) is 5.88. The molecule has 0 aliphatic rings. The lowest BCUT2D eigenvalue weighted by Gasteiger charge is -2.09. The van der Waals surface area contributed by atoms with Gasteiger partial charge in [-0.15, -0.1) is 0 Å². The minimum Gasteiger partial charge on any atom is -0.393 e. The van der Waals surface area contributed by atoms with Crippen LogP contribution in [-0.2, 0) is 6.42 Å². The largest absolute Gasteiger partial charge is 0.393 e. The summed E-state index contributed by atoms with van der Waals surface area (Å²) in [4.78, 5) is 4.08. The lowest BCUT2D eigenvalue weighted by Crippen LogP contribution is -2.10. The number of halogens is 1. The first-order chi connectivity index (χ1) is 7.22. The fourth-order valence-electron chi connectivity index (χ4n) is 1.57. The number of hydrogen-bond donors (Lipinski definition) is 1. The van der Waals surface area contributed by atoms with Gasteiger partial charge in [0.25, 0.3) is 0 Å². The number of unbranched alkanes of at least 4 members (excludes halogenated alkanes) is 2. The molecular formula is C12H18BrNO. The Balaban J connectivity index is 2.34. The average molecular weight is 272 g/mol. The number of hydrogen-bond acceptors (Lipinski definition) is 2. The Bertz CT molecular complexity index is 291. The maximum atomic E-state index is 9.78. The molecule has 2 nitrogen and oxygen atoms in total. The Hall–Kier alpha value is -0.410. The zero-order chi connectivity index (χ0) is 11.1. The van der Waals surface area contributed by atoms with Crippen molar-refractivity contribution in [3.8, 4) is 0 Å². The molecule has 3 heteroatoms. The lowest BCUT2D eigenvalue weighted by atomic mass is 10.0. The summed E-state index contributed by atoms with van der Waals surface area (Å²) in [7, 11) is 0. The maximum absolute atomic E-state index is 9.78. The zero-order valence-electron chi connectivity index (χ0n) is 9.12. The number of rotatable bonds is 6. The normalized spacial score (nSPS) is 12.7. The summed E-state index contributed by atoms with van der Waals surface area (Å²) in [6.07, 6.45) is 8.45. The number of aliphatic hydroxyl groups excluding tert-OH is 1. The summed E-state index contributed by atoms with van der Waals surface area (Å²) in [5.41, 5.74) is 1.09. The van der Waals surface area contributed by atoms with E-state index in [-0.39, 0.29) is 6.10 Å². The fraction of sp³-hybridized carbons (Fsp3) is 0.583. The predicted molar refractivity (Wildman–Crippen MR) is 65.8 cm³/mol. The van der Waals surface area contributed by atoms with Crippen molar-refractivity contribution >= 4 is 15.9 Å². The third-order valence-corrected chi connectivity index (χ3v) is 2.81. The molecule has 0 bridgehead atoms. The minimum atomic E-state index is -0.229. The van der Waals surface area contributed by atoms with Gasteiger partial charge in [-0.1, -0.05) is 26.2 Å². The second-order valence-electron chi connectivity index (χ2n) is 3.87. The average Bonchev–Trinajstić information content (AvgIpc) is 2.18. The van der Waals surface area contributed by atoms with E-state index >= 15 is 0 Å². The predicted octanol–water partition coefficient (Wildman–Crippen LogP) is 3.33.